The van der Waals surface area contributed by atoms with E-state index in [-0.39, 0.29) is 25.9 Å². The second kappa shape index (κ2) is 9.42. The van der Waals surface area contributed by atoms with Crippen molar-refractivity contribution in [3.05, 3.63) is 35.9 Å². The highest BCUT2D eigenvalue weighted by atomic mass is 16.5. The highest BCUT2D eigenvalue weighted by molar-refractivity contribution is 5.79. The molecule has 1 unspecified atom stereocenters. The van der Waals surface area contributed by atoms with Crippen LogP contribution in [0.15, 0.2) is 30.3 Å². The van der Waals surface area contributed by atoms with Gasteiger partial charge in [0.1, 0.15) is 18.7 Å². The number of aliphatic carboxylic acids is 1. The van der Waals surface area contributed by atoms with Gasteiger partial charge >= 0.3 is 18.0 Å². The Bertz CT molecular complexity index is 534. The number of nitrogens with two attached hydrogens (primary N) is 1. The molecule has 0 saturated carbocycles. The average Bonchev–Trinajstić information content (AvgIpc) is 2.51. The number of carbonyl (C=O) groups excluding carboxylic acids is 1. The quantitative estimate of drug-likeness (QED) is 0.496. The number of rotatable bonds is 9. The zero-order valence-electron chi connectivity index (χ0n) is 12.5. The molecule has 0 saturated heterocycles. The van der Waals surface area contributed by atoms with E-state index in [1.807, 2.05) is 35.6 Å². The van der Waals surface area contributed by atoms with Crippen LogP contribution in [0.3, 0.4) is 0 Å². The maximum absolute atomic E-state index is 11.7. The van der Waals surface area contributed by atoms with Crippen LogP contribution in [0.25, 0.3) is 0 Å². The minimum Gasteiger partial charge on any atom is -0.480 e. The van der Waals surface area contributed by atoms with Crippen LogP contribution < -0.4 is 11.1 Å². The van der Waals surface area contributed by atoms with E-state index >= 15 is 0 Å². The summed E-state index contributed by atoms with van der Waals surface area (Å²) in [5.41, 5.74) is 6.52. The fraction of sp³-hybridized carbons (Fsp3) is 0.400. The molecule has 0 aromatic heterocycles. The summed E-state index contributed by atoms with van der Waals surface area (Å²) in [4.78, 5) is 33.1. The molecule has 1 aromatic rings. The van der Waals surface area contributed by atoms with Crippen molar-refractivity contribution in [1.82, 2.24) is 5.32 Å². The SMILES string of the molecule is NC(CCC[C@H](NC(=O)O)C(=O)O)C(=O)OCc1ccccc1. The lowest BCUT2D eigenvalue weighted by Crippen LogP contribution is -2.40. The Morgan fingerprint density at radius 3 is 2.35 bits per heavy atom. The zero-order valence-corrected chi connectivity index (χ0v) is 12.5. The van der Waals surface area contributed by atoms with Crippen LogP contribution >= 0.6 is 0 Å². The Labute approximate surface area is 133 Å². The van der Waals surface area contributed by atoms with Gasteiger partial charge in [-0.3, -0.25) is 4.79 Å². The largest absolute Gasteiger partial charge is 0.480 e. The molecule has 1 rings (SSSR count). The van der Waals surface area contributed by atoms with Gasteiger partial charge in [-0.1, -0.05) is 30.3 Å². The van der Waals surface area contributed by atoms with E-state index < -0.39 is 30.1 Å². The third-order valence-electron chi connectivity index (χ3n) is 3.13. The molecule has 126 valence electrons. The molecule has 0 bridgehead atoms. The maximum Gasteiger partial charge on any atom is 0.405 e. The van der Waals surface area contributed by atoms with E-state index in [1.54, 1.807) is 0 Å². The highest BCUT2D eigenvalue weighted by Crippen LogP contribution is 2.07. The number of hydrogen-bond acceptors (Lipinski definition) is 5. The molecule has 1 aromatic carbocycles. The van der Waals surface area contributed by atoms with Crippen LogP contribution in [0.4, 0.5) is 4.79 Å². The van der Waals surface area contributed by atoms with E-state index in [0.717, 1.165) is 5.56 Å². The number of amides is 1. The van der Waals surface area contributed by atoms with Crippen LogP contribution in [-0.4, -0.2) is 40.3 Å². The second-order valence-electron chi connectivity index (χ2n) is 4.97. The van der Waals surface area contributed by atoms with Crippen molar-refractivity contribution in [3.63, 3.8) is 0 Å². The molecule has 0 aliphatic heterocycles. The molecule has 8 heteroatoms. The van der Waals surface area contributed by atoms with Crippen LogP contribution in [-0.2, 0) is 20.9 Å². The van der Waals surface area contributed by atoms with Gasteiger partial charge in [-0.05, 0) is 24.8 Å². The normalized spacial score (nSPS) is 12.9. The molecule has 8 nitrogen and oxygen atoms in total. The first-order valence-electron chi connectivity index (χ1n) is 7.08. The number of esters is 1. The van der Waals surface area contributed by atoms with Crippen molar-refractivity contribution in [2.45, 2.75) is 38.0 Å². The third-order valence-corrected chi connectivity index (χ3v) is 3.13. The molecule has 0 fully saturated rings. The average molecular weight is 324 g/mol. The Hall–Kier alpha value is -2.61. The standard InChI is InChI=1S/C15H20N2O6/c16-11(7-4-8-12(13(18)19)17-15(21)22)14(20)23-9-10-5-2-1-3-6-10/h1-3,5-6,11-12,17H,4,7-9,16H2,(H,18,19)(H,21,22)/t11?,12-/m0/s1. The lowest BCUT2D eigenvalue weighted by atomic mass is 10.1. The summed E-state index contributed by atoms with van der Waals surface area (Å²) >= 11 is 0. The van der Waals surface area contributed by atoms with Gasteiger partial charge < -0.3 is 26.0 Å². The second-order valence-corrected chi connectivity index (χ2v) is 4.97. The lowest BCUT2D eigenvalue weighted by molar-refractivity contribution is -0.146. The van der Waals surface area contributed by atoms with Crippen LogP contribution in [0.2, 0.25) is 0 Å². The number of carbonyl (C=O) groups is 3. The number of hydrogen-bond donors (Lipinski definition) is 4. The molecule has 0 radical (unpaired) electrons. The Balaban J connectivity index is 2.31. The third kappa shape index (κ3) is 7.28. The number of carboxylic acid groups (broad SMARTS) is 2. The first-order chi connectivity index (χ1) is 10.9. The van der Waals surface area contributed by atoms with Gasteiger partial charge in [0.2, 0.25) is 0 Å². The van der Waals surface area contributed by atoms with Crippen molar-refractivity contribution < 1.29 is 29.3 Å². The van der Waals surface area contributed by atoms with E-state index in [0.29, 0.717) is 0 Å². The monoisotopic (exact) mass is 324 g/mol. The molecule has 5 N–H and O–H groups in total. The highest BCUT2D eigenvalue weighted by Gasteiger charge is 2.21. The van der Waals surface area contributed by atoms with Crippen molar-refractivity contribution >= 4 is 18.0 Å². The topological polar surface area (TPSA) is 139 Å². The van der Waals surface area contributed by atoms with Gasteiger partial charge in [0, 0.05) is 0 Å². The number of ether oxygens (including phenoxy) is 1. The van der Waals surface area contributed by atoms with Crippen LogP contribution in [0.5, 0.6) is 0 Å². The number of nitrogens with one attached hydrogen (secondary N) is 1. The summed E-state index contributed by atoms with van der Waals surface area (Å²) in [6, 6.07) is 7.02. The van der Waals surface area contributed by atoms with Crippen molar-refractivity contribution in [1.29, 1.82) is 0 Å². The molecular weight excluding hydrogens is 304 g/mol. The Morgan fingerprint density at radius 2 is 1.78 bits per heavy atom. The summed E-state index contributed by atoms with van der Waals surface area (Å²) in [6.07, 6.45) is -0.886. The summed E-state index contributed by atoms with van der Waals surface area (Å²) in [6.45, 7) is 0.117. The van der Waals surface area contributed by atoms with Gasteiger partial charge in [-0.25, -0.2) is 9.59 Å². The minimum absolute atomic E-state index is 0.0430. The van der Waals surface area contributed by atoms with Gasteiger partial charge in [-0.2, -0.15) is 0 Å². The fourth-order valence-electron chi connectivity index (χ4n) is 1.90. The van der Waals surface area contributed by atoms with Crippen molar-refractivity contribution in [2.24, 2.45) is 5.73 Å². The summed E-state index contributed by atoms with van der Waals surface area (Å²) < 4.78 is 5.07. The molecule has 23 heavy (non-hydrogen) atoms. The first-order valence-corrected chi connectivity index (χ1v) is 7.08. The van der Waals surface area contributed by atoms with Crippen molar-refractivity contribution in [3.8, 4) is 0 Å². The molecule has 1 amide bonds. The van der Waals surface area contributed by atoms with Gasteiger partial charge in [0.05, 0.1) is 0 Å². The lowest BCUT2D eigenvalue weighted by Gasteiger charge is -2.14. The van der Waals surface area contributed by atoms with Gasteiger partial charge in [0.25, 0.3) is 0 Å². The molecule has 2 atom stereocenters. The Kier molecular flexibility index (Phi) is 7.55. The molecule has 0 aliphatic rings. The number of benzene rings is 1. The zero-order chi connectivity index (χ0) is 17.2. The molecule has 0 aliphatic carbocycles. The van der Waals surface area contributed by atoms with E-state index in [2.05, 4.69) is 0 Å². The summed E-state index contributed by atoms with van der Waals surface area (Å²) in [5, 5.41) is 19.3. The molecule has 0 heterocycles. The minimum atomic E-state index is -1.41. The smallest absolute Gasteiger partial charge is 0.405 e. The summed E-state index contributed by atoms with van der Waals surface area (Å²) in [7, 11) is 0. The maximum atomic E-state index is 11.7. The van der Waals surface area contributed by atoms with Gasteiger partial charge in [-0.15, -0.1) is 0 Å². The Morgan fingerprint density at radius 1 is 1.13 bits per heavy atom. The molecule has 0 spiro atoms. The van der Waals surface area contributed by atoms with Crippen LogP contribution in [0, 0.1) is 0 Å². The number of carboxylic acids is 1. The predicted molar refractivity (Wildman–Crippen MR) is 80.6 cm³/mol. The fourth-order valence-corrected chi connectivity index (χ4v) is 1.90. The predicted octanol–water partition coefficient (Wildman–Crippen LogP) is 0.948. The van der Waals surface area contributed by atoms with E-state index in [4.69, 9.17) is 20.7 Å². The van der Waals surface area contributed by atoms with Crippen molar-refractivity contribution in [2.75, 3.05) is 0 Å². The first kappa shape index (κ1) is 18.4. The summed E-state index contributed by atoms with van der Waals surface area (Å²) in [5.74, 6) is -1.85. The van der Waals surface area contributed by atoms with Crippen LogP contribution in [0.1, 0.15) is 24.8 Å². The van der Waals surface area contributed by atoms with E-state index in [9.17, 15) is 14.4 Å². The van der Waals surface area contributed by atoms with E-state index in [1.165, 1.54) is 0 Å². The van der Waals surface area contributed by atoms with Gasteiger partial charge in [0.15, 0.2) is 0 Å². The molecular formula is C15H20N2O6.